The Morgan fingerprint density at radius 2 is 0.900 bits per heavy atom. The molecule has 0 amide bonds. The van der Waals surface area contributed by atoms with Gasteiger partial charge >= 0.3 is 11.9 Å². The zero-order chi connectivity index (χ0) is 22.7. The third-order valence-corrected chi connectivity index (χ3v) is 4.86. The van der Waals surface area contributed by atoms with Gasteiger partial charge in [-0.15, -0.1) is 0 Å². The van der Waals surface area contributed by atoms with Crippen LogP contribution >= 0.6 is 0 Å². The summed E-state index contributed by atoms with van der Waals surface area (Å²) in [6, 6.07) is 0. The maximum Gasteiger partial charge on any atom is 0.330 e. The van der Waals surface area contributed by atoms with Gasteiger partial charge in [0.15, 0.2) is 0 Å². The second-order valence-electron chi connectivity index (χ2n) is 7.63. The van der Waals surface area contributed by atoms with Crippen LogP contribution in [0.4, 0.5) is 0 Å². The highest BCUT2D eigenvalue weighted by Crippen LogP contribution is 2.13. The predicted molar refractivity (Wildman–Crippen MR) is 128 cm³/mol. The first-order valence-corrected chi connectivity index (χ1v) is 12.2. The SMILES string of the molecule is C=CC(=O)OCC.C=CC(=O)OCCCCCCCCCCCCCCCCCC. The topological polar surface area (TPSA) is 52.6 Å². The number of hydrogen-bond acceptors (Lipinski definition) is 4. The van der Waals surface area contributed by atoms with E-state index in [0.29, 0.717) is 13.2 Å². The Balaban J connectivity index is 0. The highest BCUT2D eigenvalue weighted by Gasteiger charge is 1.96. The van der Waals surface area contributed by atoms with Gasteiger partial charge in [0.1, 0.15) is 0 Å². The van der Waals surface area contributed by atoms with E-state index in [1.54, 1.807) is 6.92 Å². The molecule has 0 aliphatic carbocycles. The number of hydrogen-bond donors (Lipinski definition) is 0. The molecule has 0 N–H and O–H groups in total. The van der Waals surface area contributed by atoms with Gasteiger partial charge in [0.2, 0.25) is 0 Å². The van der Waals surface area contributed by atoms with Crippen molar-refractivity contribution < 1.29 is 19.1 Å². The van der Waals surface area contributed by atoms with Gasteiger partial charge in [-0.1, -0.05) is 116 Å². The molecule has 0 atom stereocenters. The summed E-state index contributed by atoms with van der Waals surface area (Å²) in [6.07, 6.45) is 24.1. The van der Waals surface area contributed by atoms with E-state index in [1.165, 1.54) is 102 Å². The molecule has 0 saturated heterocycles. The van der Waals surface area contributed by atoms with Crippen molar-refractivity contribution in [2.45, 2.75) is 117 Å². The lowest BCUT2D eigenvalue weighted by Gasteiger charge is -2.04. The fourth-order valence-corrected chi connectivity index (χ4v) is 3.08. The van der Waals surface area contributed by atoms with Crippen LogP contribution in [-0.2, 0) is 19.1 Å². The van der Waals surface area contributed by atoms with Crippen LogP contribution in [0.2, 0.25) is 0 Å². The van der Waals surface area contributed by atoms with Crippen molar-refractivity contribution in [3.63, 3.8) is 0 Å². The number of unbranched alkanes of at least 4 members (excludes halogenated alkanes) is 15. The molecule has 0 heterocycles. The fourth-order valence-electron chi connectivity index (χ4n) is 3.08. The minimum absolute atomic E-state index is 0.300. The van der Waals surface area contributed by atoms with Gasteiger partial charge in [0.05, 0.1) is 13.2 Å². The Labute approximate surface area is 186 Å². The van der Waals surface area contributed by atoms with Crippen LogP contribution in [0.1, 0.15) is 117 Å². The molecule has 4 heteroatoms. The lowest BCUT2D eigenvalue weighted by atomic mass is 10.0. The molecule has 0 spiro atoms. The first kappa shape index (κ1) is 30.6. The summed E-state index contributed by atoms with van der Waals surface area (Å²) in [5.41, 5.74) is 0. The minimum Gasteiger partial charge on any atom is -0.463 e. The molecule has 4 nitrogen and oxygen atoms in total. The van der Waals surface area contributed by atoms with E-state index in [-0.39, 0.29) is 11.9 Å². The maximum atomic E-state index is 10.8. The van der Waals surface area contributed by atoms with E-state index in [1.807, 2.05) is 0 Å². The van der Waals surface area contributed by atoms with Crippen LogP contribution < -0.4 is 0 Å². The largest absolute Gasteiger partial charge is 0.463 e. The molecule has 30 heavy (non-hydrogen) atoms. The average molecular weight is 425 g/mol. The molecule has 0 unspecified atom stereocenters. The first-order chi connectivity index (χ1) is 14.6. The average Bonchev–Trinajstić information content (AvgIpc) is 2.76. The van der Waals surface area contributed by atoms with Gasteiger partial charge in [-0.3, -0.25) is 0 Å². The normalized spacial score (nSPS) is 9.93. The van der Waals surface area contributed by atoms with Crippen LogP contribution in [0.5, 0.6) is 0 Å². The monoisotopic (exact) mass is 424 g/mol. The van der Waals surface area contributed by atoms with Gasteiger partial charge in [-0.05, 0) is 13.3 Å². The smallest absolute Gasteiger partial charge is 0.330 e. The van der Waals surface area contributed by atoms with Crippen molar-refractivity contribution in [1.29, 1.82) is 0 Å². The molecule has 0 radical (unpaired) electrons. The maximum absolute atomic E-state index is 10.8. The molecular formula is C26H48O4. The van der Waals surface area contributed by atoms with E-state index in [9.17, 15) is 9.59 Å². The van der Waals surface area contributed by atoms with E-state index in [0.717, 1.165) is 12.5 Å². The summed E-state index contributed by atoms with van der Waals surface area (Å²) >= 11 is 0. The molecular weight excluding hydrogens is 376 g/mol. The highest BCUT2D eigenvalue weighted by atomic mass is 16.5. The van der Waals surface area contributed by atoms with Gasteiger partial charge in [0, 0.05) is 12.2 Å². The molecule has 0 fully saturated rings. The number of ether oxygens (including phenoxy) is 2. The van der Waals surface area contributed by atoms with Crippen LogP contribution in [0.25, 0.3) is 0 Å². The minimum atomic E-state index is -0.359. The summed E-state index contributed by atoms with van der Waals surface area (Å²) < 4.78 is 9.39. The Hall–Kier alpha value is -1.58. The van der Waals surface area contributed by atoms with Crippen LogP contribution in [0, 0.1) is 0 Å². The third kappa shape index (κ3) is 28.6. The highest BCUT2D eigenvalue weighted by molar-refractivity contribution is 5.81. The van der Waals surface area contributed by atoms with E-state index < -0.39 is 0 Å². The number of carbonyl (C=O) groups is 2. The molecule has 0 rings (SSSR count). The number of rotatable bonds is 20. The second-order valence-corrected chi connectivity index (χ2v) is 7.63. The summed E-state index contributed by atoms with van der Waals surface area (Å²) in [7, 11) is 0. The molecule has 0 aromatic carbocycles. The zero-order valence-corrected chi connectivity index (χ0v) is 19.9. The lowest BCUT2D eigenvalue weighted by molar-refractivity contribution is -0.138. The van der Waals surface area contributed by atoms with Crippen molar-refractivity contribution in [2.24, 2.45) is 0 Å². The molecule has 0 aliphatic heterocycles. The summed E-state index contributed by atoms with van der Waals surface area (Å²) in [4.78, 5) is 20.9. The molecule has 0 aromatic rings. The number of carbonyl (C=O) groups excluding carboxylic acids is 2. The first-order valence-electron chi connectivity index (χ1n) is 12.2. The summed E-state index contributed by atoms with van der Waals surface area (Å²) in [5.74, 6) is -0.659. The molecule has 176 valence electrons. The lowest BCUT2D eigenvalue weighted by Crippen LogP contribution is -2.01. The van der Waals surface area contributed by atoms with Crippen LogP contribution in [-0.4, -0.2) is 25.2 Å². The summed E-state index contributed by atoms with van der Waals surface area (Å²) in [5, 5.41) is 0. The Morgan fingerprint density at radius 1 is 0.567 bits per heavy atom. The van der Waals surface area contributed by atoms with Crippen molar-refractivity contribution in [1.82, 2.24) is 0 Å². The summed E-state index contributed by atoms with van der Waals surface area (Å²) in [6.45, 7) is 11.6. The molecule has 0 aromatic heterocycles. The third-order valence-electron chi connectivity index (χ3n) is 4.86. The van der Waals surface area contributed by atoms with Crippen molar-refractivity contribution in [3.8, 4) is 0 Å². The van der Waals surface area contributed by atoms with E-state index in [2.05, 4.69) is 24.8 Å². The van der Waals surface area contributed by atoms with Gasteiger partial charge in [-0.25, -0.2) is 9.59 Å². The van der Waals surface area contributed by atoms with Gasteiger partial charge in [0.25, 0.3) is 0 Å². The molecule has 0 saturated carbocycles. The quantitative estimate of drug-likeness (QED) is 0.114. The van der Waals surface area contributed by atoms with Gasteiger partial charge < -0.3 is 9.47 Å². The van der Waals surface area contributed by atoms with Crippen LogP contribution in [0.3, 0.4) is 0 Å². The van der Waals surface area contributed by atoms with Gasteiger partial charge in [-0.2, -0.15) is 0 Å². The van der Waals surface area contributed by atoms with Crippen molar-refractivity contribution in [2.75, 3.05) is 13.2 Å². The molecule has 0 bridgehead atoms. The fraction of sp³-hybridized carbons (Fsp3) is 0.769. The van der Waals surface area contributed by atoms with Crippen molar-refractivity contribution >= 4 is 11.9 Å². The van der Waals surface area contributed by atoms with Crippen molar-refractivity contribution in [3.05, 3.63) is 25.3 Å². The standard InChI is InChI=1S/C21H40O2.C5H8O2/c1-3-5-6-7-8-9-10-11-12-13-14-15-16-17-18-19-20-23-21(22)4-2;1-3-5(6)7-4-2/h4H,2-3,5-20H2,1H3;3H,1,4H2,2H3. The van der Waals surface area contributed by atoms with E-state index in [4.69, 9.17) is 4.74 Å². The van der Waals surface area contributed by atoms with Crippen LogP contribution in [0.15, 0.2) is 25.3 Å². The molecule has 0 aliphatic rings. The second kappa shape index (κ2) is 27.4. The Kier molecular flexibility index (Phi) is 28.0. The number of esters is 2. The Morgan fingerprint density at radius 3 is 1.20 bits per heavy atom. The van der Waals surface area contributed by atoms with E-state index >= 15 is 0 Å². The Bertz CT molecular complexity index is 404. The predicted octanol–water partition coefficient (Wildman–Crippen LogP) is 7.71. The zero-order valence-electron chi connectivity index (χ0n) is 19.9.